The van der Waals surface area contributed by atoms with Crippen LogP contribution < -0.4 is 20.8 Å². The topological polar surface area (TPSA) is 74.8 Å². The maximum atomic E-state index is 13.3. The number of nitrogens with zero attached hydrogens (tertiary/aromatic N) is 1. The maximum absolute atomic E-state index is 13.3. The quantitative estimate of drug-likeness (QED) is 0.589. The molecule has 0 aliphatic carbocycles. The van der Waals surface area contributed by atoms with Gasteiger partial charge in [0.1, 0.15) is 11.6 Å². The molecule has 3 rings (SSSR count). The standard InChI is InChI=1S/C16H13FN4O2S/c1-23-11-5-3-10(4-6-11)18-16(24)21-20-14-12-8-9(17)2-7-13(12)19-15(14)22/h2-8H,1H3,(H2,18,21,24)(H,19,20,22). The van der Waals surface area contributed by atoms with E-state index < -0.39 is 11.7 Å². The van der Waals surface area contributed by atoms with Crippen LogP contribution in [0.15, 0.2) is 47.6 Å². The first kappa shape index (κ1) is 15.9. The van der Waals surface area contributed by atoms with Crippen molar-refractivity contribution in [2.45, 2.75) is 0 Å². The molecule has 2 aromatic carbocycles. The number of nitrogens with one attached hydrogen (secondary N) is 3. The van der Waals surface area contributed by atoms with E-state index in [4.69, 9.17) is 17.0 Å². The molecule has 0 saturated heterocycles. The van der Waals surface area contributed by atoms with Gasteiger partial charge in [0, 0.05) is 11.3 Å². The number of carbonyl (C=O) groups excluding carboxylic acids is 1. The van der Waals surface area contributed by atoms with Crippen molar-refractivity contribution in [2.75, 3.05) is 17.7 Å². The van der Waals surface area contributed by atoms with Gasteiger partial charge in [-0.3, -0.25) is 10.2 Å². The molecule has 0 aromatic heterocycles. The average Bonchev–Trinajstić information content (AvgIpc) is 2.88. The Hall–Kier alpha value is -3.00. The number of carbonyl (C=O) groups is 1. The first-order valence-corrected chi connectivity index (χ1v) is 7.37. The molecule has 0 saturated carbocycles. The molecule has 1 amide bonds. The third kappa shape index (κ3) is 3.33. The number of hydrazone groups is 1. The summed E-state index contributed by atoms with van der Waals surface area (Å²) in [5, 5.41) is 9.70. The van der Waals surface area contributed by atoms with E-state index in [-0.39, 0.29) is 10.8 Å². The molecule has 0 spiro atoms. The number of benzene rings is 2. The summed E-state index contributed by atoms with van der Waals surface area (Å²) in [6.07, 6.45) is 0. The highest BCUT2D eigenvalue weighted by molar-refractivity contribution is 7.80. The lowest BCUT2D eigenvalue weighted by molar-refractivity contribution is -0.110. The number of halogens is 1. The molecule has 1 aliphatic heterocycles. The summed E-state index contributed by atoms with van der Waals surface area (Å²) in [5.41, 5.74) is 4.29. The Morgan fingerprint density at radius 1 is 1.25 bits per heavy atom. The van der Waals surface area contributed by atoms with Crippen LogP contribution in [0.2, 0.25) is 0 Å². The molecule has 0 fully saturated rings. The van der Waals surface area contributed by atoms with Crippen LogP contribution in [0.4, 0.5) is 15.8 Å². The van der Waals surface area contributed by atoms with Gasteiger partial charge in [0.05, 0.1) is 12.8 Å². The number of amides is 1. The van der Waals surface area contributed by atoms with Gasteiger partial charge in [-0.25, -0.2) is 4.39 Å². The Labute approximate surface area is 142 Å². The molecule has 6 nitrogen and oxygen atoms in total. The molecular weight excluding hydrogens is 331 g/mol. The third-order valence-corrected chi connectivity index (χ3v) is 3.51. The molecule has 0 bridgehead atoms. The van der Waals surface area contributed by atoms with Gasteiger partial charge in [0.2, 0.25) is 0 Å². The zero-order chi connectivity index (χ0) is 17.1. The van der Waals surface area contributed by atoms with Gasteiger partial charge in [0.25, 0.3) is 5.91 Å². The lowest BCUT2D eigenvalue weighted by Gasteiger charge is -2.08. The molecule has 24 heavy (non-hydrogen) atoms. The molecule has 2 aromatic rings. The fourth-order valence-corrected chi connectivity index (χ4v) is 2.34. The van der Waals surface area contributed by atoms with E-state index in [1.807, 2.05) is 0 Å². The number of methoxy groups -OCH3 is 1. The molecule has 1 heterocycles. The molecule has 122 valence electrons. The highest BCUT2D eigenvalue weighted by atomic mass is 32.1. The summed E-state index contributed by atoms with van der Waals surface area (Å²) < 4.78 is 18.4. The van der Waals surface area contributed by atoms with E-state index in [1.54, 1.807) is 31.4 Å². The normalized spacial score (nSPS) is 14.1. The number of hydrogen-bond donors (Lipinski definition) is 3. The third-order valence-electron chi connectivity index (χ3n) is 3.32. The molecule has 0 atom stereocenters. The fraction of sp³-hybridized carbons (Fsp3) is 0.0625. The Balaban J connectivity index is 1.70. The average molecular weight is 344 g/mol. The van der Waals surface area contributed by atoms with Crippen molar-refractivity contribution >= 4 is 40.3 Å². The highest BCUT2D eigenvalue weighted by Gasteiger charge is 2.26. The summed E-state index contributed by atoms with van der Waals surface area (Å²) >= 11 is 5.13. The van der Waals surface area contributed by atoms with E-state index in [0.717, 1.165) is 11.4 Å². The van der Waals surface area contributed by atoms with Crippen LogP contribution in [-0.2, 0) is 4.79 Å². The summed E-state index contributed by atoms with van der Waals surface area (Å²) in [4.78, 5) is 11.9. The van der Waals surface area contributed by atoms with Crippen LogP contribution in [-0.4, -0.2) is 23.8 Å². The van der Waals surface area contributed by atoms with Crippen LogP contribution in [0.25, 0.3) is 0 Å². The van der Waals surface area contributed by atoms with Crippen molar-refractivity contribution in [3.05, 3.63) is 53.8 Å². The number of anilines is 2. The smallest absolute Gasteiger partial charge is 0.276 e. The SMILES string of the molecule is COc1ccc(NC(=S)N/N=C2\C(=O)Nc3ccc(F)cc32)cc1. The number of rotatable bonds is 3. The van der Waals surface area contributed by atoms with Crippen LogP contribution in [0.1, 0.15) is 5.56 Å². The highest BCUT2D eigenvalue weighted by Crippen LogP contribution is 2.24. The van der Waals surface area contributed by atoms with Gasteiger partial charge in [-0.05, 0) is 54.7 Å². The van der Waals surface area contributed by atoms with Crippen molar-refractivity contribution in [1.82, 2.24) is 5.43 Å². The summed E-state index contributed by atoms with van der Waals surface area (Å²) in [5.74, 6) is -0.145. The Morgan fingerprint density at radius 2 is 2.00 bits per heavy atom. The van der Waals surface area contributed by atoms with E-state index in [1.165, 1.54) is 18.2 Å². The van der Waals surface area contributed by atoms with Gasteiger partial charge in [-0.2, -0.15) is 5.10 Å². The van der Waals surface area contributed by atoms with E-state index in [0.29, 0.717) is 11.3 Å². The second kappa shape index (κ2) is 6.63. The van der Waals surface area contributed by atoms with Gasteiger partial charge in [0.15, 0.2) is 10.8 Å². The second-order valence-corrected chi connectivity index (χ2v) is 5.31. The Bertz CT molecular complexity index is 836. The molecular formula is C16H13FN4O2S. The summed E-state index contributed by atoms with van der Waals surface area (Å²) in [6, 6.07) is 11.1. The minimum atomic E-state index is -0.447. The minimum Gasteiger partial charge on any atom is -0.497 e. The minimum absolute atomic E-state index is 0.0726. The molecule has 1 aliphatic rings. The van der Waals surface area contributed by atoms with Crippen molar-refractivity contribution in [3.8, 4) is 5.75 Å². The van der Waals surface area contributed by atoms with Crippen molar-refractivity contribution < 1.29 is 13.9 Å². The zero-order valence-electron chi connectivity index (χ0n) is 12.6. The number of thiocarbonyl (C=S) groups is 1. The first-order chi connectivity index (χ1) is 11.6. The summed E-state index contributed by atoms with van der Waals surface area (Å²) in [6.45, 7) is 0. The van der Waals surface area contributed by atoms with Crippen molar-refractivity contribution in [2.24, 2.45) is 5.10 Å². The summed E-state index contributed by atoms with van der Waals surface area (Å²) in [7, 11) is 1.58. The number of hydrogen-bond acceptors (Lipinski definition) is 4. The number of fused-ring (bicyclic) bond motifs is 1. The van der Waals surface area contributed by atoms with E-state index >= 15 is 0 Å². The zero-order valence-corrected chi connectivity index (χ0v) is 13.4. The molecule has 0 radical (unpaired) electrons. The van der Waals surface area contributed by atoms with Crippen LogP contribution in [0.5, 0.6) is 5.75 Å². The lowest BCUT2D eigenvalue weighted by atomic mass is 10.1. The second-order valence-electron chi connectivity index (χ2n) is 4.90. The lowest BCUT2D eigenvalue weighted by Crippen LogP contribution is -2.27. The van der Waals surface area contributed by atoms with Crippen molar-refractivity contribution in [3.63, 3.8) is 0 Å². The molecule has 8 heteroatoms. The molecule has 3 N–H and O–H groups in total. The largest absolute Gasteiger partial charge is 0.497 e. The predicted octanol–water partition coefficient (Wildman–Crippen LogP) is 2.48. The number of ether oxygens (including phenoxy) is 1. The van der Waals surface area contributed by atoms with Crippen LogP contribution >= 0.6 is 12.2 Å². The maximum Gasteiger partial charge on any atom is 0.276 e. The van der Waals surface area contributed by atoms with Gasteiger partial charge in [-0.15, -0.1) is 0 Å². The van der Waals surface area contributed by atoms with Crippen LogP contribution in [0.3, 0.4) is 0 Å². The van der Waals surface area contributed by atoms with E-state index in [9.17, 15) is 9.18 Å². The van der Waals surface area contributed by atoms with Crippen molar-refractivity contribution in [1.29, 1.82) is 0 Å². The van der Waals surface area contributed by atoms with Gasteiger partial charge < -0.3 is 15.4 Å². The predicted molar refractivity (Wildman–Crippen MR) is 93.9 cm³/mol. The van der Waals surface area contributed by atoms with Gasteiger partial charge >= 0.3 is 0 Å². The fourth-order valence-electron chi connectivity index (χ4n) is 2.18. The van der Waals surface area contributed by atoms with Crippen LogP contribution in [0, 0.1) is 5.82 Å². The Morgan fingerprint density at radius 3 is 2.71 bits per heavy atom. The molecule has 0 unspecified atom stereocenters. The first-order valence-electron chi connectivity index (χ1n) is 6.97. The Kier molecular flexibility index (Phi) is 4.39. The van der Waals surface area contributed by atoms with E-state index in [2.05, 4.69) is 21.2 Å². The van der Waals surface area contributed by atoms with Gasteiger partial charge in [-0.1, -0.05) is 0 Å². The monoisotopic (exact) mass is 344 g/mol.